The van der Waals surface area contributed by atoms with Crippen LogP contribution in [-0.2, 0) is 19.7 Å². The first-order valence-corrected chi connectivity index (χ1v) is 5.82. The number of aliphatic hydroxyl groups is 1. The summed E-state index contributed by atoms with van der Waals surface area (Å²) < 4.78 is 4.44. The van der Waals surface area contributed by atoms with Gasteiger partial charge in [-0.05, 0) is 12.1 Å². The van der Waals surface area contributed by atoms with Gasteiger partial charge in [0.05, 0.1) is 25.9 Å². The summed E-state index contributed by atoms with van der Waals surface area (Å²) in [6.07, 6.45) is 3.32. The standard InChI is InChI=1S/C11H12N6O2/c18-8-9-7-15(14-12-9)5-6-17-11(19)16-4-2-1-3-10(16)13-17/h1-4,7,18H,5-6,8H2. The van der Waals surface area contributed by atoms with Crippen LogP contribution in [0.2, 0.25) is 0 Å². The van der Waals surface area contributed by atoms with Gasteiger partial charge in [0, 0.05) is 6.20 Å². The van der Waals surface area contributed by atoms with Gasteiger partial charge < -0.3 is 5.11 Å². The monoisotopic (exact) mass is 260 g/mol. The molecule has 3 aromatic heterocycles. The van der Waals surface area contributed by atoms with Crippen LogP contribution in [0.5, 0.6) is 0 Å². The first-order valence-electron chi connectivity index (χ1n) is 5.82. The fourth-order valence-corrected chi connectivity index (χ4v) is 1.83. The third kappa shape index (κ3) is 2.13. The quantitative estimate of drug-likeness (QED) is 0.668. The number of aryl methyl sites for hydroxylation is 2. The molecule has 0 aromatic carbocycles. The van der Waals surface area contributed by atoms with Crippen molar-refractivity contribution < 1.29 is 5.11 Å². The van der Waals surface area contributed by atoms with Gasteiger partial charge in [0.2, 0.25) is 0 Å². The molecule has 0 aliphatic heterocycles. The highest BCUT2D eigenvalue weighted by Gasteiger charge is 2.06. The van der Waals surface area contributed by atoms with E-state index in [9.17, 15) is 4.79 Å². The lowest BCUT2D eigenvalue weighted by molar-refractivity contribution is 0.276. The molecular formula is C11H12N6O2. The molecule has 8 nitrogen and oxygen atoms in total. The smallest absolute Gasteiger partial charge is 0.350 e. The van der Waals surface area contributed by atoms with Crippen molar-refractivity contribution in [2.24, 2.45) is 0 Å². The van der Waals surface area contributed by atoms with Crippen molar-refractivity contribution in [2.45, 2.75) is 19.7 Å². The Balaban J connectivity index is 1.82. The normalized spacial score (nSPS) is 11.2. The molecule has 0 atom stereocenters. The van der Waals surface area contributed by atoms with Crippen LogP contribution in [0, 0.1) is 0 Å². The number of fused-ring (bicyclic) bond motifs is 1. The molecule has 0 unspecified atom stereocenters. The zero-order valence-corrected chi connectivity index (χ0v) is 10.0. The highest BCUT2D eigenvalue weighted by molar-refractivity contribution is 5.35. The summed E-state index contributed by atoms with van der Waals surface area (Å²) in [4.78, 5) is 12.0. The zero-order chi connectivity index (χ0) is 13.2. The maximum Gasteiger partial charge on any atom is 0.350 e. The first kappa shape index (κ1) is 11.6. The van der Waals surface area contributed by atoms with Gasteiger partial charge >= 0.3 is 5.69 Å². The van der Waals surface area contributed by atoms with Crippen LogP contribution in [0.15, 0.2) is 35.4 Å². The second-order valence-corrected chi connectivity index (χ2v) is 4.07. The molecule has 1 N–H and O–H groups in total. The number of hydrogen-bond donors (Lipinski definition) is 1. The molecule has 0 fully saturated rings. The number of aromatic nitrogens is 6. The van der Waals surface area contributed by atoms with Crippen LogP contribution in [0.4, 0.5) is 0 Å². The van der Waals surface area contributed by atoms with Gasteiger partial charge in [-0.3, -0.25) is 9.08 Å². The lowest BCUT2D eigenvalue weighted by atomic mass is 10.5. The van der Waals surface area contributed by atoms with E-state index in [1.807, 2.05) is 6.07 Å². The summed E-state index contributed by atoms with van der Waals surface area (Å²) in [7, 11) is 0. The van der Waals surface area contributed by atoms with Gasteiger partial charge in [-0.2, -0.15) is 0 Å². The van der Waals surface area contributed by atoms with Gasteiger partial charge in [-0.25, -0.2) is 9.48 Å². The van der Waals surface area contributed by atoms with E-state index < -0.39 is 0 Å². The molecule has 0 radical (unpaired) electrons. The van der Waals surface area contributed by atoms with E-state index in [4.69, 9.17) is 5.11 Å². The average Bonchev–Trinajstić information content (AvgIpc) is 3.02. The number of nitrogens with zero attached hydrogens (tertiary/aromatic N) is 6. The Labute approximate surface area is 107 Å². The van der Waals surface area contributed by atoms with Crippen LogP contribution in [0.3, 0.4) is 0 Å². The minimum absolute atomic E-state index is 0.145. The van der Waals surface area contributed by atoms with Crippen molar-refractivity contribution in [1.29, 1.82) is 0 Å². The lowest BCUT2D eigenvalue weighted by Crippen LogP contribution is -2.23. The van der Waals surface area contributed by atoms with Gasteiger partial charge in [-0.15, -0.1) is 10.2 Å². The predicted molar refractivity (Wildman–Crippen MR) is 65.4 cm³/mol. The zero-order valence-electron chi connectivity index (χ0n) is 10.0. The summed E-state index contributed by atoms with van der Waals surface area (Å²) in [5.74, 6) is 0. The van der Waals surface area contributed by atoms with Crippen molar-refractivity contribution in [3.05, 3.63) is 46.8 Å². The van der Waals surface area contributed by atoms with E-state index in [2.05, 4.69) is 15.4 Å². The molecule has 0 aliphatic rings. The molecular weight excluding hydrogens is 248 g/mol. The maximum absolute atomic E-state index is 12.0. The Bertz CT molecular complexity index is 756. The molecule has 8 heteroatoms. The molecule has 0 amide bonds. The average molecular weight is 260 g/mol. The Morgan fingerprint density at radius 2 is 2.16 bits per heavy atom. The van der Waals surface area contributed by atoms with Gasteiger partial charge in [0.15, 0.2) is 5.65 Å². The summed E-state index contributed by atoms with van der Waals surface area (Å²) in [6, 6.07) is 5.39. The minimum atomic E-state index is -0.182. The molecule has 0 saturated carbocycles. The number of pyridine rings is 1. The third-order valence-corrected chi connectivity index (χ3v) is 2.78. The topological polar surface area (TPSA) is 90.2 Å². The summed E-state index contributed by atoms with van der Waals surface area (Å²) >= 11 is 0. The second kappa shape index (κ2) is 4.65. The van der Waals surface area contributed by atoms with Crippen LogP contribution in [0.25, 0.3) is 5.65 Å². The molecule has 3 heterocycles. The van der Waals surface area contributed by atoms with Crippen LogP contribution < -0.4 is 5.69 Å². The Morgan fingerprint density at radius 1 is 1.26 bits per heavy atom. The van der Waals surface area contributed by atoms with Crippen molar-refractivity contribution in [3.63, 3.8) is 0 Å². The minimum Gasteiger partial charge on any atom is -0.390 e. The Morgan fingerprint density at radius 3 is 2.89 bits per heavy atom. The van der Waals surface area contributed by atoms with E-state index in [1.54, 1.807) is 29.2 Å². The highest BCUT2D eigenvalue weighted by Crippen LogP contribution is 1.96. The lowest BCUT2D eigenvalue weighted by Gasteiger charge is -1.98. The molecule has 0 bridgehead atoms. The third-order valence-electron chi connectivity index (χ3n) is 2.78. The number of aliphatic hydroxyl groups excluding tert-OH is 1. The molecule has 0 aliphatic carbocycles. The Kier molecular flexibility index (Phi) is 2.84. The van der Waals surface area contributed by atoms with E-state index in [1.165, 1.54) is 9.08 Å². The van der Waals surface area contributed by atoms with Crippen molar-refractivity contribution >= 4 is 5.65 Å². The predicted octanol–water partition coefficient (Wildman–Crippen LogP) is -0.720. The summed E-state index contributed by atoms with van der Waals surface area (Å²) in [5.41, 5.74) is 0.933. The van der Waals surface area contributed by atoms with E-state index in [0.717, 1.165) is 0 Å². The van der Waals surface area contributed by atoms with Crippen molar-refractivity contribution in [3.8, 4) is 0 Å². The maximum atomic E-state index is 12.0. The fourth-order valence-electron chi connectivity index (χ4n) is 1.83. The van der Waals surface area contributed by atoms with Crippen molar-refractivity contribution in [1.82, 2.24) is 29.2 Å². The highest BCUT2D eigenvalue weighted by atomic mass is 16.3. The molecule has 98 valence electrons. The number of rotatable bonds is 4. The van der Waals surface area contributed by atoms with Gasteiger partial charge in [0.25, 0.3) is 0 Å². The van der Waals surface area contributed by atoms with Crippen molar-refractivity contribution in [2.75, 3.05) is 0 Å². The van der Waals surface area contributed by atoms with Gasteiger partial charge in [-0.1, -0.05) is 11.3 Å². The second-order valence-electron chi connectivity index (χ2n) is 4.07. The Hall–Kier alpha value is -2.48. The molecule has 19 heavy (non-hydrogen) atoms. The van der Waals surface area contributed by atoms with E-state index >= 15 is 0 Å². The number of hydrogen-bond acceptors (Lipinski definition) is 5. The largest absolute Gasteiger partial charge is 0.390 e. The van der Waals surface area contributed by atoms with Crippen LogP contribution in [0.1, 0.15) is 5.69 Å². The van der Waals surface area contributed by atoms with Crippen LogP contribution in [-0.4, -0.2) is 34.3 Å². The molecule has 3 rings (SSSR count). The summed E-state index contributed by atoms with van der Waals surface area (Å²) in [5, 5.41) is 20.7. The summed E-state index contributed by atoms with van der Waals surface area (Å²) in [6.45, 7) is 0.722. The van der Waals surface area contributed by atoms with Gasteiger partial charge in [0.1, 0.15) is 5.69 Å². The van der Waals surface area contributed by atoms with E-state index in [-0.39, 0.29) is 12.3 Å². The first-order chi connectivity index (χ1) is 9.28. The van der Waals surface area contributed by atoms with Crippen LogP contribution >= 0.6 is 0 Å². The molecule has 0 saturated heterocycles. The SMILES string of the molecule is O=c1n(CCn2cc(CO)nn2)nc2ccccn12. The molecule has 0 spiro atoms. The fraction of sp³-hybridized carbons (Fsp3) is 0.273. The van der Waals surface area contributed by atoms with E-state index in [0.29, 0.717) is 24.4 Å². The molecule has 3 aromatic rings.